The van der Waals surface area contributed by atoms with Crippen LogP contribution >= 0.6 is 0 Å². The summed E-state index contributed by atoms with van der Waals surface area (Å²) in [5.41, 5.74) is 4.26. The number of fused-ring (bicyclic) bond motifs is 2. The zero-order valence-electron chi connectivity index (χ0n) is 13.8. The first-order valence-corrected chi connectivity index (χ1v) is 8.73. The summed E-state index contributed by atoms with van der Waals surface area (Å²) in [6.45, 7) is 5.17. The highest BCUT2D eigenvalue weighted by Gasteiger charge is 2.28. The Morgan fingerprint density at radius 3 is 2.79 bits per heavy atom. The normalized spacial score (nSPS) is 25.5. The maximum atomic E-state index is 12.6. The number of amides is 1. The molecule has 2 heterocycles. The van der Waals surface area contributed by atoms with Crippen LogP contribution in [0.2, 0.25) is 0 Å². The second kappa shape index (κ2) is 6.75. The Kier molecular flexibility index (Phi) is 4.32. The highest BCUT2D eigenvalue weighted by molar-refractivity contribution is 6.03. The number of nitrogens with zero attached hydrogens (tertiary/aromatic N) is 1. The summed E-state index contributed by atoms with van der Waals surface area (Å²) in [5.74, 6) is 0.0300. The molecule has 4 nitrogen and oxygen atoms in total. The molecule has 2 aliphatic heterocycles. The minimum absolute atomic E-state index is 0.0300. The van der Waals surface area contributed by atoms with Crippen LogP contribution in [0.4, 0.5) is 0 Å². The number of carbonyl (C=O) groups excluding carboxylic acids is 1. The lowest BCUT2D eigenvalue weighted by molar-refractivity contribution is 0.0945. The summed E-state index contributed by atoms with van der Waals surface area (Å²) in [6.07, 6.45) is 9.54. The van der Waals surface area contributed by atoms with Gasteiger partial charge in [0.1, 0.15) is 0 Å². The van der Waals surface area contributed by atoms with Crippen molar-refractivity contribution >= 4 is 11.5 Å². The lowest BCUT2D eigenvalue weighted by Crippen LogP contribution is -2.43. The Balaban J connectivity index is 1.74. The molecule has 0 saturated carbocycles. The fraction of sp³-hybridized carbons (Fsp3) is 0.350. The summed E-state index contributed by atoms with van der Waals surface area (Å²) < 4.78 is 0. The van der Waals surface area contributed by atoms with Crippen molar-refractivity contribution in [1.82, 2.24) is 15.5 Å². The fourth-order valence-electron chi connectivity index (χ4n) is 3.69. The molecule has 1 unspecified atom stereocenters. The Bertz CT molecular complexity index is 726. The van der Waals surface area contributed by atoms with E-state index in [1.165, 1.54) is 11.1 Å². The number of hydrogen-bond acceptors (Lipinski definition) is 3. The minimum atomic E-state index is 0.0300. The first-order chi connectivity index (χ1) is 11.8. The number of carbonyl (C=O) groups is 1. The van der Waals surface area contributed by atoms with Gasteiger partial charge in [-0.1, -0.05) is 42.5 Å². The van der Waals surface area contributed by atoms with E-state index in [2.05, 4.69) is 45.9 Å². The van der Waals surface area contributed by atoms with Crippen molar-refractivity contribution in [2.24, 2.45) is 0 Å². The van der Waals surface area contributed by atoms with Crippen LogP contribution < -0.4 is 10.6 Å². The van der Waals surface area contributed by atoms with E-state index in [0.717, 1.165) is 50.3 Å². The molecule has 0 spiro atoms. The first-order valence-electron chi connectivity index (χ1n) is 8.73. The number of benzene rings is 1. The molecule has 4 rings (SSSR count). The molecular weight excluding hydrogens is 298 g/mol. The monoisotopic (exact) mass is 321 g/mol. The Morgan fingerprint density at radius 2 is 1.96 bits per heavy atom. The molecule has 1 saturated heterocycles. The Labute approximate surface area is 142 Å². The molecule has 4 heteroatoms. The topological polar surface area (TPSA) is 44.4 Å². The van der Waals surface area contributed by atoms with Crippen molar-refractivity contribution in [2.45, 2.75) is 12.5 Å². The maximum Gasteiger partial charge on any atom is 0.252 e. The van der Waals surface area contributed by atoms with Crippen LogP contribution in [0, 0.1) is 0 Å². The van der Waals surface area contributed by atoms with Gasteiger partial charge in [-0.05, 0) is 29.2 Å². The summed E-state index contributed by atoms with van der Waals surface area (Å²) in [7, 11) is 0. The third-order valence-corrected chi connectivity index (χ3v) is 5.00. The lowest BCUT2D eigenvalue weighted by Gasteiger charge is -2.27. The number of piperazine rings is 1. The number of allylic oxidation sites excluding steroid dienone is 2. The Hall–Kier alpha value is -2.17. The summed E-state index contributed by atoms with van der Waals surface area (Å²) in [6, 6.07) is 8.02. The number of rotatable bonds is 2. The summed E-state index contributed by atoms with van der Waals surface area (Å²) >= 11 is 0. The maximum absolute atomic E-state index is 12.6. The van der Waals surface area contributed by atoms with Gasteiger partial charge in [-0.15, -0.1) is 0 Å². The second-order valence-corrected chi connectivity index (χ2v) is 6.53. The highest BCUT2D eigenvalue weighted by atomic mass is 16.1. The SMILES string of the molecule is O=C1NC2CC=CC=C2C(=CCN2CCNCC2)c2ccccc21. The van der Waals surface area contributed by atoms with E-state index in [0.29, 0.717) is 0 Å². The molecule has 1 aliphatic carbocycles. The average molecular weight is 321 g/mol. The molecule has 0 bridgehead atoms. The molecule has 124 valence electrons. The average Bonchev–Trinajstić information content (AvgIpc) is 2.75. The van der Waals surface area contributed by atoms with E-state index < -0.39 is 0 Å². The largest absolute Gasteiger partial charge is 0.345 e. The summed E-state index contributed by atoms with van der Waals surface area (Å²) in [5, 5.41) is 6.57. The molecule has 1 fully saturated rings. The zero-order valence-corrected chi connectivity index (χ0v) is 13.8. The highest BCUT2D eigenvalue weighted by Crippen LogP contribution is 2.34. The van der Waals surface area contributed by atoms with Crippen LogP contribution in [0.15, 0.2) is 54.1 Å². The smallest absolute Gasteiger partial charge is 0.252 e. The molecule has 24 heavy (non-hydrogen) atoms. The standard InChI is InChI=1S/C20H23N3O/c24-20-18-7-2-1-5-15(18)16(9-12-23-13-10-21-11-14-23)17-6-3-4-8-19(17)22-20/h1-7,9,19,21H,8,10-14H2,(H,22,24). The van der Waals surface area contributed by atoms with Crippen molar-refractivity contribution in [3.8, 4) is 0 Å². The first kappa shape index (κ1) is 15.4. The predicted molar refractivity (Wildman–Crippen MR) is 96.8 cm³/mol. The van der Waals surface area contributed by atoms with Crippen LogP contribution in [0.3, 0.4) is 0 Å². The lowest BCUT2D eigenvalue weighted by atomic mass is 9.88. The van der Waals surface area contributed by atoms with Gasteiger partial charge in [0.25, 0.3) is 5.91 Å². The molecule has 1 aromatic rings. The van der Waals surface area contributed by atoms with E-state index in [1.807, 2.05) is 18.2 Å². The van der Waals surface area contributed by atoms with Crippen LogP contribution in [-0.4, -0.2) is 49.6 Å². The van der Waals surface area contributed by atoms with E-state index in [4.69, 9.17) is 0 Å². The van der Waals surface area contributed by atoms with Gasteiger partial charge in [0.15, 0.2) is 0 Å². The van der Waals surface area contributed by atoms with E-state index in [-0.39, 0.29) is 11.9 Å². The van der Waals surface area contributed by atoms with Gasteiger partial charge in [-0.2, -0.15) is 0 Å². The quantitative estimate of drug-likeness (QED) is 0.875. The zero-order chi connectivity index (χ0) is 16.4. The van der Waals surface area contributed by atoms with Crippen molar-refractivity contribution in [3.05, 3.63) is 65.3 Å². The van der Waals surface area contributed by atoms with Crippen molar-refractivity contribution in [1.29, 1.82) is 0 Å². The third-order valence-electron chi connectivity index (χ3n) is 5.00. The van der Waals surface area contributed by atoms with Gasteiger partial charge in [-0.25, -0.2) is 0 Å². The molecule has 3 aliphatic rings. The molecule has 1 atom stereocenters. The molecule has 0 aromatic heterocycles. The number of nitrogens with one attached hydrogen (secondary N) is 2. The van der Waals surface area contributed by atoms with Crippen molar-refractivity contribution in [2.75, 3.05) is 32.7 Å². The van der Waals surface area contributed by atoms with Gasteiger partial charge in [0.2, 0.25) is 0 Å². The van der Waals surface area contributed by atoms with Crippen LogP contribution in [0.5, 0.6) is 0 Å². The van der Waals surface area contributed by atoms with E-state index >= 15 is 0 Å². The molecular formula is C20H23N3O. The van der Waals surface area contributed by atoms with E-state index in [9.17, 15) is 4.79 Å². The molecule has 1 aromatic carbocycles. The van der Waals surface area contributed by atoms with Crippen molar-refractivity contribution < 1.29 is 4.79 Å². The van der Waals surface area contributed by atoms with Crippen LogP contribution in [0.1, 0.15) is 22.3 Å². The number of hydrogen-bond donors (Lipinski definition) is 2. The molecule has 2 N–H and O–H groups in total. The van der Waals surface area contributed by atoms with Crippen LogP contribution in [-0.2, 0) is 0 Å². The Morgan fingerprint density at radius 1 is 1.17 bits per heavy atom. The summed E-state index contributed by atoms with van der Waals surface area (Å²) in [4.78, 5) is 15.1. The van der Waals surface area contributed by atoms with Gasteiger partial charge >= 0.3 is 0 Å². The minimum Gasteiger partial charge on any atom is -0.345 e. The third kappa shape index (κ3) is 2.95. The van der Waals surface area contributed by atoms with Gasteiger partial charge in [0, 0.05) is 38.3 Å². The molecule has 0 radical (unpaired) electrons. The fourth-order valence-corrected chi connectivity index (χ4v) is 3.69. The van der Waals surface area contributed by atoms with Crippen molar-refractivity contribution in [3.63, 3.8) is 0 Å². The van der Waals surface area contributed by atoms with Gasteiger partial charge in [-0.3, -0.25) is 9.69 Å². The van der Waals surface area contributed by atoms with Gasteiger partial charge < -0.3 is 10.6 Å². The van der Waals surface area contributed by atoms with E-state index in [1.54, 1.807) is 0 Å². The predicted octanol–water partition coefficient (Wildman–Crippen LogP) is 1.97. The van der Waals surface area contributed by atoms with Gasteiger partial charge in [0.05, 0.1) is 6.04 Å². The van der Waals surface area contributed by atoms with Crippen LogP contribution in [0.25, 0.3) is 5.57 Å². The molecule has 1 amide bonds. The second-order valence-electron chi connectivity index (χ2n) is 6.53.